The number of rotatable bonds is 14. The van der Waals surface area contributed by atoms with Crippen molar-refractivity contribution in [2.75, 3.05) is 18.6 Å². The fourth-order valence-electron chi connectivity index (χ4n) is 4.70. The minimum absolute atomic E-state index is 0.116. The first-order chi connectivity index (χ1) is 19.8. The molecule has 3 amide bonds. The Morgan fingerprint density at radius 3 is 1.98 bits per heavy atom. The molecule has 0 saturated carbocycles. The Labute approximate surface area is 241 Å². The molecule has 216 valence electrons. The molecular weight excluding hydrogens is 544 g/mol. The maximum Gasteiger partial charge on any atom is 0.322 e. The van der Waals surface area contributed by atoms with Crippen molar-refractivity contribution in [3.8, 4) is 0 Å². The van der Waals surface area contributed by atoms with E-state index in [-0.39, 0.29) is 12.8 Å². The lowest BCUT2D eigenvalue weighted by Crippen LogP contribution is -2.56. The monoisotopic (exact) mass is 578 g/mol. The van der Waals surface area contributed by atoms with E-state index in [1.54, 1.807) is 6.20 Å². The van der Waals surface area contributed by atoms with E-state index in [0.717, 1.165) is 32.9 Å². The number of fused-ring (bicyclic) bond motifs is 2. The normalized spacial score (nSPS) is 13.4. The van der Waals surface area contributed by atoms with Crippen molar-refractivity contribution < 1.29 is 24.3 Å². The minimum Gasteiger partial charge on any atom is -0.480 e. The largest absolute Gasteiger partial charge is 0.480 e. The number of carbonyl (C=O) groups is 4. The van der Waals surface area contributed by atoms with Crippen LogP contribution in [0.1, 0.15) is 17.5 Å². The average Bonchev–Trinajstić information content (AvgIpc) is 3.57. The van der Waals surface area contributed by atoms with Gasteiger partial charge in [0, 0.05) is 40.6 Å². The van der Waals surface area contributed by atoms with Crippen molar-refractivity contribution in [2.24, 2.45) is 5.73 Å². The Bertz CT molecular complexity index is 1530. The van der Waals surface area contributed by atoms with Gasteiger partial charge in [0.25, 0.3) is 0 Å². The molecule has 0 bridgehead atoms. The molecule has 0 aliphatic heterocycles. The van der Waals surface area contributed by atoms with Crippen LogP contribution >= 0.6 is 11.8 Å². The van der Waals surface area contributed by atoms with Crippen molar-refractivity contribution in [2.45, 2.75) is 37.4 Å². The molecule has 8 N–H and O–H groups in total. The minimum atomic E-state index is -1.20. The molecule has 2 aromatic heterocycles. The number of hydrogen-bond acceptors (Lipinski definition) is 6. The molecule has 0 aliphatic rings. The van der Waals surface area contributed by atoms with E-state index >= 15 is 0 Å². The molecule has 0 spiro atoms. The van der Waals surface area contributed by atoms with E-state index in [1.807, 2.05) is 61.0 Å². The lowest BCUT2D eigenvalue weighted by atomic mass is 10.0. The van der Waals surface area contributed by atoms with Gasteiger partial charge in [-0.1, -0.05) is 36.4 Å². The maximum atomic E-state index is 13.5. The quantitative estimate of drug-likeness (QED) is 0.119. The van der Waals surface area contributed by atoms with Crippen LogP contribution in [-0.2, 0) is 32.0 Å². The van der Waals surface area contributed by atoms with Gasteiger partial charge >= 0.3 is 5.97 Å². The first kappa shape index (κ1) is 29.7. The van der Waals surface area contributed by atoms with E-state index in [2.05, 4.69) is 25.9 Å². The number of para-hydroxylation sites is 2. The number of hydrogen-bond donors (Lipinski definition) is 7. The van der Waals surface area contributed by atoms with E-state index < -0.39 is 48.4 Å². The lowest BCUT2D eigenvalue weighted by Gasteiger charge is -2.24. The zero-order valence-electron chi connectivity index (χ0n) is 22.6. The molecule has 12 heteroatoms. The number of nitrogens with one attached hydrogen (secondary N) is 5. The highest BCUT2D eigenvalue weighted by atomic mass is 32.2. The zero-order chi connectivity index (χ0) is 29.4. The van der Waals surface area contributed by atoms with Gasteiger partial charge in [0.2, 0.25) is 17.7 Å². The summed E-state index contributed by atoms with van der Waals surface area (Å²) in [5.41, 5.74) is 9.73. The number of thioether (sulfide) groups is 1. The first-order valence-electron chi connectivity index (χ1n) is 13.2. The van der Waals surface area contributed by atoms with Crippen LogP contribution in [0.5, 0.6) is 0 Å². The third-order valence-electron chi connectivity index (χ3n) is 6.84. The summed E-state index contributed by atoms with van der Waals surface area (Å²) >= 11 is 1.51. The molecule has 41 heavy (non-hydrogen) atoms. The number of aromatic amines is 2. The van der Waals surface area contributed by atoms with E-state index in [4.69, 9.17) is 10.8 Å². The second-order valence-corrected chi connectivity index (χ2v) is 10.7. The Kier molecular flexibility index (Phi) is 10.0. The van der Waals surface area contributed by atoms with Gasteiger partial charge in [-0.3, -0.25) is 19.2 Å². The van der Waals surface area contributed by atoms with E-state index in [1.165, 1.54) is 11.8 Å². The van der Waals surface area contributed by atoms with Gasteiger partial charge in [0.05, 0.1) is 6.04 Å². The SMILES string of the molecule is CSCCC(NC(=O)C(N)Cc1c[nH]c2ccccc12)C(=O)NC(Cc1c[nH]c2ccccc12)C(=O)NCC(=O)O. The number of amides is 3. The van der Waals surface area contributed by atoms with Crippen LogP contribution in [0.15, 0.2) is 60.9 Å². The van der Waals surface area contributed by atoms with Crippen LogP contribution in [0.4, 0.5) is 0 Å². The van der Waals surface area contributed by atoms with Gasteiger partial charge in [0.15, 0.2) is 0 Å². The Morgan fingerprint density at radius 1 is 0.829 bits per heavy atom. The fourth-order valence-corrected chi connectivity index (χ4v) is 5.17. The molecule has 0 radical (unpaired) electrons. The van der Waals surface area contributed by atoms with E-state index in [9.17, 15) is 19.2 Å². The smallest absolute Gasteiger partial charge is 0.322 e. The fraction of sp³-hybridized carbons (Fsp3) is 0.310. The average molecular weight is 579 g/mol. The summed E-state index contributed by atoms with van der Waals surface area (Å²) in [7, 11) is 0. The maximum absolute atomic E-state index is 13.5. The predicted octanol–water partition coefficient (Wildman–Crippen LogP) is 1.69. The first-order valence-corrected chi connectivity index (χ1v) is 14.6. The summed E-state index contributed by atoms with van der Waals surface area (Å²) in [6.45, 7) is -0.589. The van der Waals surface area contributed by atoms with Crippen LogP contribution < -0.4 is 21.7 Å². The zero-order valence-corrected chi connectivity index (χ0v) is 23.4. The lowest BCUT2D eigenvalue weighted by molar-refractivity contribution is -0.138. The number of carboxylic acids is 1. The molecular formula is C29H34N6O5S. The number of aromatic nitrogens is 2. The standard InChI is InChI=1S/C29H34N6O5S/c1-41-11-10-24(34-27(38)21(30)12-17-14-31-22-8-4-2-6-19(17)22)29(40)35-25(28(39)33-16-26(36)37)13-18-15-32-23-9-5-3-7-20(18)23/h2-9,14-15,21,24-25,31-32H,10-13,16,30H2,1H3,(H,33,39)(H,34,38)(H,35,40)(H,36,37). The van der Waals surface area contributed by atoms with Gasteiger partial charge in [0.1, 0.15) is 18.6 Å². The summed E-state index contributed by atoms with van der Waals surface area (Å²) in [5, 5.41) is 18.7. The van der Waals surface area contributed by atoms with Gasteiger partial charge < -0.3 is 36.8 Å². The van der Waals surface area contributed by atoms with Crippen molar-refractivity contribution in [3.63, 3.8) is 0 Å². The number of H-pyrrole nitrogens is 2. The molecule has 3 atom stereocenters. The molecule has 2 aromatic carbocycles. The summed E-state index contributed by atoms with van der Waals surface area (Å²) in [4.78, 5) is 56.9. The number of carbonyl (C=O) groups excluding carboxylic acids is 3. The van der Waals surface area contributed by atoms with Gasteiger partial charge in [-0.15, -0.1) is 0 Å². The van der Waals surface area contributed by atoms with Crippen LogP contribution in [0.2, 0.25) is 0 Å². The highest BCUT2D eigenvalue weighted by Crippen LogP contribution is 2.20. The third kappa shape index (κ3) is 7.68. The highest BCUT2D eigenvalue weighted by molar-refractivity contribution is 7.98. The van der Waals surface area contributed by atoms with Crippen LogP contribution in [0.3, 0.4) is 0 Å². The molecule has 0 saturated heterocycles. The van der Waals surface area contributed by atoms with Crippen LogP contribution in [-0.4, -0.2) is 75.4 Å². The molecule has 11 nitrogen and oxygen atoms in total. The second kappa shape index (κ2) is 13.9. The highest BCUT2D eigenvalue weighted by Gasteiger charge is 2.29. The number of nitrogens with two attached hydrogens (primary N) is 1. The molecule has 0 aliphatic carbocycles. The predicted molar refractivity (Wildman–Crippen MR) is 159 cm³/mol. The summed E-state index contributed by atoms with van der Waals surface area (Å²) in [6.07, 6.45) is 6.16. The summed E-state index contributed by atoms with van der Waals surface area (Å²) in [5.74, 6) is -2.31. The Morgan fingerprint density at radius 2 is 1.39 bits per heavy atom. The van der Waals surface area contributed by atoms with Crippen LogP contribution in [0, 0.1) is 0 Å². The Balaban J connectivity index is 1.47. The Hall–Kier alpha value is -4.29. The van der Waals surface area contributed by atoms with Crippen molar-refractivity contribution >= 4 is 57.3 Å². The summed E-state index contributed by atoms with van der Waals surface area (Å²) < 4.78 is 0. The molecule has 0 fully saturated rings. The van der Waals surface area contributed by atoms with E-state index in [0.29, 0.717) is 12.2 Å². The number of carboxylic acid groups (broad SMARTS) is 1. The topological polar surface area (TPSA) is 182 Å². The van der Waals surface area contributed by atoms with Crippen molar-refractivity contribution in [1.29, 1.82) is 0 Å². The molecule has 4 rings (SSSR count). The number of benzene rings is 2. The molecule has 2 heterocycles. The van der Waals surface area contributed by atoms with Crippen molar-refractivity contribution in [1.82, 2.24) is 25.9 Å². The summed E-state index contributed by atoms with van der Waals surface area (Å²) in [6, 6.07) is 12.3. The van der Waals surface area contributed by atoms with Crippen molar-refractivity contribution in [3.05, 3.63) is 72.1 Å². The number of aliphatic carboxylic acids is 1. The van der Waals surface area contributed by atoms with Gasteiger partial charge in [-0.05, 0) is 48.1 Å². The van der Waals surface area contributed by atoms with Gasteiger partial charge in [-0.2, -0.15) is 11.8 Å². The molecule has 4 aromatic rings. The van der Waals surface area contributed by atoms with Gasteiger partial charge in [-0.25, -0.2) is 0 Å². The molecule has 3 unspecified atom stereocenters. The second-order valence-electron chi connectivity index (χ2n) is 9.75. The van der Waals surface area contributed by atoms with Crippen LogP contribution in [0.25, 0.3) is 21.8 Å². The third-order valence-corrected chi connectivity index (χ3v) is 7.48.